The molecule has 1 saturated carbocycles. The Hall–Kier alpha value is -3.39. The van der Waals surface area contributed by atoms with Crippen LogP contribution in [0.2, 0.25) is 0 Å². The molecule has 1 amide bonds. The number of methoxy groups -OCH3 is 2. The number of ether oxygens (including phenoxy) is 2. The van der Waals surface area contributed by atoms with Crippen molar-refractivity contribution in [1.82, 2.24) is 9.88 Å². The lowest BCUT2D eigenvalue weighted by Gasteiger charge is -2.27. The van der Waals surface area contributed by atoms with Crippen LogP contribution in [0.25, 0.3) is 0 Å². The van der Waals surface area contributed by atoms with E-state index in [1.165, 1.54) is 16.9 Å². The average molecular weight is 495 g/mol. The van der Waals surface area contributed by atoms with Crippen molar-refractivity contribution in [3.05, 3.63) is 75.2 Å². The maximum atomic E-state index is 13.9. The number of rotatable bonds is 11. The van der Waals surface area contributed by atoms with E-state index in [0.717, 1.165) is 42.7 Å². The van der Waals surface area contributed by atoms with Gasteiger partial charge in [-0.2, -0.15) is 0 Å². The number of thiazole rings is 1. The second-order valence-corrected chi connectivity index (χ2v) is 10.1. The summed E-state index contributed by atoms with van der Waals surface area (Å²) in [5.41, 5.74) is 1.69. The molecule has 8 heteroatoms. The minimum atomic E-state index is -1.04. The highest BCUT2D eigenvalue weighted by Gasteiger charge is 2.53. The third-order valence-electron chi connectivity index (χ3n) is 6.51. The summed E-state index contributed by atoms with van der Waals surface area (Å²) < 4.78 is 10.5. The zero-order valence-electron chi connectivity index (χ0n) is 20.2. The first-order valence-corrected chi connectivity index (χ1v) is 12.4. The summed E-state index contributed by atoms with van der Waals surface area (Å²) in [6.45, 7) is 2.61. The fourth-order valence-corrected chi connectivity index (χ4v) is 5.30. The van der Waals surface area contributed by atoms with Crippen molar-refractivity contribution >= 4 is 23.2 Å². The van der Waals surface area contributed by atoms with Crippen LogP contribution in [0.5, 0.6) is 11.5 Å². The summed E-state index contributed by atoms with van der Waals surface area (Å²) >= 11 is 1.34. The van der Waals surface area contributed by atoms with Gasteiger partial charge >= 0.3 is 5.97 Å². The summed E-state index contributed by atoms with van der Waals surface area (Å²) in [7, 11) is 3.27. The first kappa shape index (κ1) is 24.7. The molecule has 1 heterocycles. The van der Waals surface area contributed by atoms with Gasteiger partial charge in [-0.1, -0.05) is 24.3 Å². The fraction of sp³-hybridized carbons (Fsp3) is 0.370. The zero-order chi connectivity index (χ0) is 25.0. The average Bonchev–Trinajstić information content (AvgIpc) is 3.60. The largest absolute Gasteiger partial charge is 0.497 e. The van der Waals surface area contributed by atoms with Gasteiger partial charge in [0.25, 0.3) is 0 Å². The fourth-order valence-electron chi connectivity index (χ4n) is 4.36. The molecule has 1 fully saturated rings. The van der Waals surface area contributed by atoms with E-state index in [1.807, 2.05) is 53.4 Å². The van der Waals surface area contributed by atoms with Crippen molar-refractivity contribution in [1.29, 1.82) is 0 Å². The Morgan fingerprint density at radius 3 is 2.14 bits per heavy atom. The predicted octanol–water partition coefficient (Wildman–Crippen LogP) is 4.86. The number of amides is 1. The van der Waals surface area contributed by atoms with Crippen LogP contribution in [0.15, 0.2) is 48.5 Å². The first-order valence-electron chi connectivity index (χ1n) is 11.6. The van der Waals surface area contributed by atoms with Gasteiger partial charge in [0.15, 0.2) is 5.69 Å². The Bertz CT molecular complexity index is 1180. The number of aromatic nitrogens is 1. The minimum Gasteiger partial charge on any atom is -0.497 e. The van der Waals surface area contributed by atoms with E-state index in [0.29, 0.717) is 23.0 Å². The summed E-state index contributed by atoms with van der Waals surface area (Å²) in [6.07, 6.45) is 3.20. The summed E-state index contributed by atoms with van der Waals surface area (Å²) in [5.74, 6) is 0.600. The molecular formula is C27H30N2O5S. The molecule has 0 saturated heterocycles. The number of carboxylic acid groups (broad SMARTS) is 1. The van der Waals surface area contributed by atoms with Gasteiger partial charge < -0.3 is 19.5 Å². The van der Waals surface area contributed by atoms with Crippen LogP contribution in [-0.4, -0.2) is 47.6 Å². The number of carbonyl (C=O) groups is 2. The van der Waals surface area contributed by atoms with Crippen molar-refractivity contribution < 1.29 is 24.2 Å². The molecule has 0 aliphatic heterocycles. The normalized spacial score (nSPS) is 13.8. The molecule has 7 nitrogen and oxygen atoms in total. The Balaban J connectivity index is 1.53. The Labute approximate surface area is 209 Å². The SMILES string of the molecule is COc1ccc(CCCN(Cc2nc(C(=O)O)c(C)s2)C(=O)C2(c3ccc(OC)cc3)CC2)cc1. The molecule has 3 aromatic rings. The third kappa shape index (κ3) is 5.48. The lowest BCUT2D eigenvalue weighted by molar-refractivity contribution is -0.134. The van der Waals surface area contributed by atoms with E-state index in [-0.39, 0.29) is 11.6 Å². The molecule has 2 aromatic carbocycles. The molecule has 0 atom stereocenters. The van der Waals surface area contributed by atoms with Crippen LogP contribution >= 0.6 is 11.3 Å². The molecule has 0 radical (unpaired) electrons. The van der Waals surface area contributed by atoms with Crippen LogP contribution in [0.1, 0.15) is 50.8 Å². The molecule has 1 N–H and O–H groups in total. The number of carbonyl (C=O) groups excluding carboxylic acids is 1. The summed E-state index contributed by atoms with van der Waals surface area (Å²) in [5, 5.41) is 10.0. The Morgan fingerprint density at radius 2 is 1.63 bits per heavy atom. The van der Waals surface area contributed by atoms with E-state index in [1.54, 1.807) is 21.1 Å². The lowest BCUT2D eigenvalue weighted by Crippen LogP contribution is -2.39. The second-order valence-electron chi connectivity index (χ2n) is 8.81. The Morgan fingerprint density at radius 1 is 1.03 bits per heavy atom. The van der Waals surface area contributed by atoms with Crippen LogP contribution < -0.4 is 9.47 Å². The third-order valence-corrected chi connectivity index (χ3v) is 7.47. The number of nitrogens with zero attached hydrogens (tertiary/aromatic N) is 2. The molecule has 0 spiro atoms. The molecule has 35 heavy (non-hydrogen) atoms. The number of carboxylic acids is 1. The van der Waals surface area contributed by atoms with Crippen LogP contribution in [0.3, 0.4) is 0 Å². The van der Waals surface area contributed by atoms with Crippen LogP contribution in [0, 0.1) is 6.92 Å². The van der Waals surface area contributed by atoms with E-state index in [4.69, 9.17) is 9.47 Å². The van der Waals surface area contributed by atoms with E-state index >= 15 is 0 Å². The molecule has 0 bridgehead atoms. The highest BCUT2D eigenvalue weighted by Crippen LogP contribution is 2.50. The quantitative estimate of drug-likeness (QED) is 0.410. The molecule has 4 rings (SSSR count). The molecule has 1 aliphatic carbocycles. The second kappa shape index (κ2) is 10.5. The maximum Gasteiger partial charge on any atom is 0.355 e. The highest BCUT2D eigenvalue weighted by molar-refractivity contribution is 7.11. The van der Waals surface area contributed by atoms with Gasteiger partial charge in [-0.15, -0.1) is 11.3 Å². The van der Waals surface area contributed by atoms with Gasteiger partial charge in [-0.3, -0.25) is 4.79 Å². The number of hydrogen-bond donors (Lipinski definition) is 1. The monoisotopic (exact) mass is 494 g/mol. The van der Waals surface area contributed by atoms with E-state index in [2.05, 4.69) is 4.98 Å². The van der Waals surface area contributed by atoms with E-state index in [9.17, 15) is 14.7 Å². The van der Waals surface area contributed by atoms with Gasteiger partial charge in [0.1, 0.15) is 16.5 Å². The van der Waals surface area contributed by atoms with E-state index < -0.39 is 11.4 Å². The topological polar surface area (TPSA) is 89.0 Å². The molecule has 1 aliphatic rings. The highest BCUT2D eigenvalue weighted by atomic mass is 32.1. The minimum absolute atomic E-state index is 0.0620. The van der Waals surface area contributed by atoms with Crippen molar-refractivity contribution in [3.8, 4) is 11.5 Å². The number of benzene rings is 2. The first-order chi connectivity index (χ1) is 16.9. The number of aromatic carboxylic acids is 1. The number of aryl methyl sites for hydroxylation is 2. The Kier molecular flexibility index (Phi) is 7.40. The van der Waals surface area contributed by atoms with Crippen molar-refractivity contribution in [3.63, 3.8) is 0 Å². The van der Waals surface area contributed by atoms with Gasteiger partial charge in [0, 0.05) is 11.4 Å². The molecule has 1 aromatic heterocycles. The molecular weight excluding hydrogens is 464 g/mol. The van der Waals surface area contributed by atoms with Gasteiger partial charge in [0.05, 0.1) is 26.2 Å². The van der Waals surface area contributed by atoms with Crippen LogP contribution in [-0.2, 0) is 23.2 Å². The summed E-state index contributed by atoms with van der Waals surface area (Å²) in [4.78, 5) is 32.2. The van der Waals surface area contributed by atoms with Gasteiger partial charge in [0.2, 0.25) is 5.91 Å². The molecule has 0 unspecified atom stereocenters. The van der Waals surface area contributed by atoms with Crippen LogP contribution in [0.4, 0.5) is 0 Å². The smallest absolute Gasteiger partial charge is 0.355 e. The van der Waals surface area contributed by atoms with Crippen molar-refractivity contribution in [2.45, 2.75) is 44.6 Å². The maximum absolute atomic E-state index is 13.9. The van der Waals surface area contributed by atoms with Gasteiger partial charge in [-0.25, -0.2) is 9.78 Å². The summed E-state index contributed by atoms with van der Waals surface area (Å²) in [6, 6.07) is 15.7. The zero-order valence-corrected chi connectivity index (χ0v) is 21.1. The predicted molar refractivity (Wildman–Crippen MR) is 134 cm³/mol. The number of hydrogen-bond acceptors (Lipinski definition) is 6. The van der Waals surface area contributed by atoms with Crippen molar-refractivity contribution in [2.75, 3.05) is 20.8 Å². The lowest BCUT2D eigenvalue weighted by atomic mass is 9.94. The standard InChI is InChI=1S/C27H30N2O5S/c1-18-24(25(30)31)28-23(35-18)17-29(16-4-5-19-6-10-21(33-2)11-7-19)26(32)27(14-15-27)20-8-12-22(34-3)13-9-20/h6-13H,4-5,14-17H2,1-3H3,(H,30,31). The van der Waals surface area contributed by atoms with Crippen molar-refractivity contribution in [2.24, 2.45) is 0 Å². The van der Waals surface area contributed by atoms with Gasteiger partial charge in [-0.05, 0) is 68.0 Å². The molecule has 184 valence electrons.